The van der Waals surface area contributed by atoms with E-state index in [0.717, 1.165) is 12.0 Å². The van der Waals surface area contributed by atoms with Crippen molar-refractivity contribution in [3.8, 4) is 0 Å². The third-order valence-corrected chi connectivity index (χ3v) is 5.07. The molecule has 0 spiro atoms. The number of anilines is 1. The first-order chi connectivity index (χ1) is 10.1. The summed E-state index contributed by atoms with van der Waals surface area (Å²) in [4.78, 5) is 0.335. The van der Waals surface area contributed by atoms with E-state index in [4.69, 9.17) is 10.5 Å². The van der Waals surface area contributed by atoms with Crippen molar-refractivity contribution in [2.24, 2.45) is 0 Å². The number of ether oxygens (including phenoxy) is 1. The lowest BCUT2D eigenvalue weighted by molar-refractivity contribution is 0.0582. The molecule has 2 aromatic rings. The summed E-state index contributed by atoms with van der Waals surface area (Å²) in [5, 5.41) is 0. The molecule has 0 saturated carbocycles. The molecule has 0 aliphatic carbocycles. The van der Waals surface area contributed by atoms with Crippen LogP contribution in [0.25, 0.3) is 0 Å². The van der Waals surface area contributed by atoms with Crippen molar-refractivity contribution in [3.63, 3.8) is 0 Å². The molecule has 0 radical (unpaired) electrons. The summed E-state index contributed by atoms with van der Waals surface area (Å²) in [5.41, 5.74) is 8.42. The van der Waals surface area contributed by atoms with E-state index in [1.165, 1.54) is 23.8 Å². The van der Waals surface area contributed by atoms with Gasteiger partial charge in [-0.15, -0.1) is 0 Å². The molecule has 3 rings (SSSR count). The molecule has 0 aromatic heterocycles. The lowest BCUT2D eigenvalue weighted by Gasteiger charge is -2.25. The van der Waals surface area contributed by atoms with Crippen LogP contribution in [0, 0.1) is 5.82 Å². The molecule has 2 unspecified atom stereocenters. The first kappa shape index (κ1) is 14.2. The summed E-state index contributed by atoms with van der Waals surface area (Å²) >= 11 is 0. The lowest BCUT2D eigenvalue weighted by atomic mass is 9.99. The molecule has 3 nitrogen and oxygen atoms in total. The fourth-order valence-corrected chi connectivity index (χ4v) is 3.85. The van der Waals surface area contributed by atoms with Gasteiger partial charge in [-0.2, -0.15) is 0 Å². The molecule has 2 aromatic carbocycles. The van der Waals surface area contributed by atoms with Gasteiger partial charge < -0.3 is 10.5 Å². The highest BCUT2D eigenvalue weighted by Crippen LogP contribution is 2.29. The van der Waals surface area contributed by atoms with Crippen LogP contribution in [0.4, 0.5) is 10.1 Å². The van der Waals surface area contributed by atoms with Crippen LogP contribution in [-0.2, 0) is 22.0 Å². The first-order valence-electron chi connectivity index (χ1n) is 6.78. The van der Waals surface area contributed by atoms with Crippen LogP contribution in [0.1, 0.15) is 17.2 Å². The van der Waals surface area contributed by atoms with E-state index >= 15 is 0 Å². The van der Waals surface area contributed by atoms with Gasteiger partial charge in [-0.25, -0.2) is 4.39 Å². The van der Waals surface area contributed by atoms with Gasteiger partial charge in [0.25, 0.3) is 0 Å². The Morgan fingerprint density at radius 1 is 1.29 bits per heavy atom. The molecule has 1 heterocycles. The largest absolute Gasteiger partial charge is 0.398 e. The van der Waals surface area contributed by atoms with Gasteiger partial charge in [0.05, 0.1) is 34.2 Å². The zero-order valence-corrected chi connectivity index (χ0v) is 12.2. The van der Waals surface area contributed by atoms with Crippen LogP contribution in [0.5, 0.6) is 0 Å². The average Bonchev–Trinajstić information content (AvgIpc) is 2.50. The minimum absolute atomic E-state index is 0.238. The third-order valence-electron chi connectivity index (χ3n) is 3.62. The third kappa shape index (κ3) is 2.99. The Hall–Kier alpha value is -1.72. The van der Waals surface area contributed by atoms with Crippen molar-refractivity contribution in [2.45, 2.75) is 17.4 Å². The highest BCUT2D eigenvalue weighted by atomic mass is 32.2. The van der Waals surface area contributed by atoms with Gasteiger partial charge in [0, 0.05) is 5.69 Å². The standard InChI is InChI=1S/C16H16FNO2S/c17-12-5-6-14(18)16(9-12)21(19)10-15-13-4-2-1-3-11(13)7-8-20-15/h1-6,9,15H,7-8,10,18H2. The number of benzene rings is 2. The van der Waals surface area contributed by atoms with Crippen LogP contribution in [-0.4, -0.2) is 16.6 Å². The second-order valence-electron chi connectivity index (χ2n) is 5.00. The maximum atomic E-state index is 13.3. The first-order valence-corrected chi connectivity index (χ1v) is 8.10. The highest BCUT2D eigenvalue weighted by molar-refractivity contribution is 7.85. The summed E-state index contributed by atoms with van der Waals surface area (Å²) in [5.74, 6) is -0.150. The van der Waals surface area contributed by atoms with E-state index in [-0.39, 0.29) is 11.9 Å². The molecule has 1 aliphatic heterocycles. The molecule has 0 bridgehead atoms. The van der Waals surface area contributed by atoms with Gasteiger partial charge >= 0.3 is 0 Å². The number of hydrogen-bond acceptors (Lipinski definition) is 3. The average molecular weight is 305 g/mol. The number of rotatable bonds is 3. The number of fused-ring (bicyclic) bond motifs is 1. The summed E-state index contributed by atoms with van der Waals surface area (Å²) in [6.07, 6.45) is 0.625. The zero-order chi connectivity index (χ0) is 14.8. The van der Waals surface area contributed by atoms with Gasteiger partial charge in [0.15, 0.2) is 0 Å². The predicted molar refractivity (Wildman–Crippen MR) is 80.9 cm³/mol. The molecule has 1 aliphatic rings. The molecule has 2 N–H and O–H groups in total. The summed E-state index contributed by atoms with van der Waals surface area (Å²) in [7, 11) is -1.40. The van der Waals surface area contributed by atoms with E-state index in [9.17, 15) is 8.60 Å². The molecule has 21 heavy (non-hydrogen) atoms. The van der Waals surface area contributed by atoms with Crippen LogP contribution >= 0.6 is 0 Å². The quantitative estimate of drug-likeness (QED) is 0.887. The number of nitrogen functional groups attached to an aromatic ring is 1. The van der Waals surface area contributed by atoms with Crippen molar-refractivity contribution in [1.82, 2.24) is 0 Å². The Balaban J connectivity index is 1.84. The summed E-state index contributed by atoms with van der Waals surface area (Å²) in [6.45, 7) is 0.609. The molecule has 110 valence electrons. The molecule has 2 atom stereocenters. The van der Waals surface area contributed by atoms with Crippen molar-refractivity contribution in [3.05, 3.63) is 59.4 Å². The normalized spacial score (nSPS) is 19.0. The lowest BCUT2D eigenvalue weighted by Crippen LogP contribution is -2.21. The molecule has 0 amide bonds. The van der Waals surface area contributed by atoms with E-state index in [0.29, 0.717) is 17.2 Å². The fourth-order valence-electron chi connectivity index (χ4n) is 2.55. The Labute approximate surface area is 125 Å². The van der Waals surface area contributed by atoms with Gasteiger partial charge in [-0.1, -0.05) is 24.3 Å². The zero-order valence-electron chi connectivity index (χ0n) is 11.4. The Morgan fingerprint density at radius 2 is 2.10 bits per heavy atom. The number of hydrogen-bond donors (Lipinski definition) is 1. The number of nitrogens with two attached hydrogens (primary N) is 1. The predicted octanol–water partition coefficient (Wildman–Crippen LogP) is 2.83. The van der Waals surface area contributed by atoms with Gasteiger partial charge in [0.1, 0.15) is 5.82 Å². The van der Waals surface area contributed by atoms with Crippen LogP contribution in [0.15, 0.2) is 47.4 Å². The van der Waals surface area contributed by atoms with E-state index in [1.54, 1.807) is 0 Å². The van der Waals surface area contributed by atoms with Crippen molar-refractivity contribution >= 4 is 16.5 Å². The van der Waals surface area contributed by atoms with Crippen molar-refractivity contribution in [1.29, 1.82) is 0 Å². The maximum absolute atomic E-state index is 13.3. The van der Waals surface area contributed by atoms with E-state index < -0.39 is 16.6 Å². The summed E-state index contributed by atoms with van der Waals surface area (Å²) in [6, 6.07) is 11.9. The van der Waals surface area contributed by atoms with Crippen LogP contribution < -0.4 is 5.73 Å². The van der Waals surface area contributed by atoms with Gasteiger partial charge in [0.2, 0.25) is 0 Å². The maximum Gasteiger partial charge on any atom is 0.124 e. The second kappa shape index (κ2) is 5.95. The topological polar surface area (TPSA) is 52.3 Å². The second-order valence-corrected chi connectivity index (χ2v) is 6.47. The fraction of sp³-hybridized carbons (Fsp3) is 0.250. The van der Waals surface area contributed by atoms with Gasteiger partial charge in [-0.3, -0.25) is 4.21 Å². The minimum atomic E-state index is -1.40. The highest BCUT2D eigenvalue weighted by Gasteiger charge is 2.23. The molecular formula is C16H16FNO2S. The van der Waals surface area contributed by atoms with Crippen LogP contribution in [0.3, 0.4) is 0 Å². The van der Waals surface area contributed by atoms with Gasteiger partial charge in [-0.05, 0) is 35.7 Å². The number of halogens is 1. The monoisotopic (exact) mass is 305 g/mol. The summed E-state index contributed by atoms with van der Waals surface area (Å²) < 4.78 is 31.5. The Bertz CT molecular complexity index is 690. The SMILES string of the molecule is Nc1ccc(F)cc1S(=O)CC1OCCc2ccccc21. The molecule has 0 fully saturated rings. The van der Waals surface area contributed by atoms with Crippen molar-refractivity contribution < 1.29 is 13.3 Å². The van der Waals surface area contributed by atoms with E-state index in [1.807, 2.05) is 18.2 Å². The molecular weight excluding hydrogens is 289 g/mol. The Kier molecular flexibility index (Phi) is 4.03. The van der Waals surface area contributed by atoms with Crippen molar-refractivity contribution in [2.75, 3.05) is 18.1 Å². The van der Waals surface area contributed by atoms with Crippen LogP contribution in [0.2, 0.25) is 0 Å². The minimum Gasteiger partial charge on any atom is -0.398 e. The van der Waals surface area contributed by atoms with E-state index in [2.05, 4.69) is 6.07 Å². The molecule has 0 saturated heterocycles. The smallest absolute Gasteiger partial charge is 0.124 e. The Morgan fingerprint density at radius 3 is 2.95 bits per heavy atom. The molecule has 5 heteroatoms.